The maximum absolute atomic E-state index is 10.8. The summed E-state index contributed by atoms with van der Waals surface area (Å²) in [6, 6.07) is 5.06. The Hall–Kier alpha value is -2.02. The van der Waals surface area contributed by atoms with Gasteiger partial charge in [-0.1, -0.05) is 25.7 Å². The van der Waals surface area contributed by atoms with Crippen LogP contribution in [0.1, 0.15) is 39.2 Å². The number of nitrogens with zero attached hydrogens (tertiary/aromatic N) is 1. The zero-order valence-corrected chi connectivity index (χ0v) is 11.0. The summed E-state index contributed by atoms with van der Waals surface area (Å²) < 4.78 is 0. The van der Waals surface area contributed by atoms with Crippen LogP contribution in [0.15, 0.2) is 18.2 Å². The summed E-state index contributed by atoms with van der Waals surface area (Å²) in [5, 5.41) is 14.1. The number of hydrogen-bond acceptors (Lipinski definition) is 3. The second-order valence-corrected chi connectivity index (χ2v) is 4.10. The molecule has 0 saturated carbocycles. The fourth-order valence-electron chi connectivity index (χ4n) is 1.43. The Bertz CT molecular complexity index is 486. The van der Waals surface area contributed by atoms with E-state index in [1.807, 2.05) is 6.92 Å². The van der Waals surface area contributed by atoms with E-state index in [1.165, 1.54) is 12.1 Å². The summed E-state index contributed by atoms with van der Waals surface area (Å²) in [6.07, 6.45) is 1.71. The van der Waals surface area contributed by atoms with Crippen molar-refractivity contribution in [3.63, 3.8) is 0 Å². The molecule has 4 heteroatoms. The van der Waals surface area contributed by atoms with E-state index in [0.29, 0.717) is 11.6 Å². The van der Waals surface area contributed by atoms with Crippen molar-refractivity contribution in [2.24, 2.45) is 0 Å². The van der Waals surface area contributed by atoms with Crippen LogP contribution in [-0.2, 0) is 0 Å². The molecule has 0 unspecified atom stereocenters. The van der Waals surface area contributed by atoms with E-state index in [-0.39, 0.29) is 5.69 Å². The lowest BCUT2D eigenvalue weighted by Crippen LogP contribution is -2.14. The second-order valence-electron chi connectivity index (χ2n) is 4.10. The third-order valence-corrected chi connectivity index (χ3v) is 2.63. The average Bonchev–Trinajstić information content (AvgIpc) is 2.37. The number of benzene rings is 1. The highest BCUT2D eigenvalue weighted by Crippen LogP contribution is 2.22. The van der Waals surface area contributed by atoms with Gasteiger partial charge in [-0.05, 0) is 19.4 Å². The van der Waals surface area contributed by atoms with Gasteiger partial charge >= 0.3 is 0 Å². The van der Waals surface area contributed by atoms with Crippen molar-refractivity contribution in [1.29, 1.82) is 0 Å². The fraction of sp³-hybridized carbons (Fsp3) is 0.429. The first-order chi connectivity index (χ1) is 8.58. The van der Waals surface area contributed by atoms with Crippen molar-refractivity contribution in [2.75, 3.05) is 5.32 Å². The fourth-order valence-corrected chi connectivity index (χ4v) is 1.43. The summed E-state index contributed by atoms with van der Waals surface area (Å²) in [4.78, 5) is 10.4. The molecule has 1 N–H and O–H groups in total. The highest BCUT2D eigenvalue weighted by atomic mass is 16.6. The molecule has 1 rings (SSSR count). The van der Waals surface area contributed by atoms with Gasteiger partial charge in [-0.2, -0.15) is 0 Å². The van der Waals surface area contributed by atoms with Crippen molar-refractivity contribution in [3.05, 3.63) is 33.9 Å². The van der Waals surface area contributed by atoms with Crippen molar-refractivity contribution in [3.8, 4) is 11.8 Å². The van der Waals surface area contributed by atoms with Gasteiger partial charge < -0.3 is 5.32 Å². The first-order valence-electron chi connectivity index (χ1n) is 6.12. The highest BCUT2D eigenvalue weighted by molar-refractivity contribution is 5.63. The van der Waals surface area contributed by atoms with E-state index >= 15 is 0 Å². The molecule has 0 radical (unpaired) electrons. The Morgan fingerprint density at radius 3 is 2.72 bits per heavy atom. The zero-order valence-electron chi connectivity index (χ0n) is 11.0. The lowest BCUT2D eigenvalue weighted by Gasteiger charge is -2.14. The molecule has 0 amide bonds. The molecule has 1 aromatic carbocycles. The number of nitro groups is 1. The minimum Gasteiger partial charge on any atom is -0.382 e. The molecule has 0 aliphatic carbocycles. The predicted molar refractivity (Wildman–Crippen MR) is 73.6 cm³/mol. The largest absolute Gasteiger partial charge is 0.382 e. The quantitative estimate of drug-likeness (QED) is 0.502. The summed E-state index contributed by atoms with van der Waals surface area (Å²) in [5.41, 5.74) is 1.62. The Balaban J connectivity index is 3.12. The minimum absolute atomic E-state index is 0.0742. The van der Waals surface area contributed by atoms with Gasteiger partial charge in [0.15, 0.2) is 0 Å². The number of anilines is 1. The Kier molecular flexibility index (Phi) is 5.19. The standard InChI is InChI=1S/C14H18N2O2/c1-4-6-7-12-10-13(16(17)18)8-9-14(12)15-11(3)5-2/h8-11,15H,4-5H2,1-3H3/t11-/m1/s1. The van der Waals surface area contributed by atoms with E-state index in [1.54, 1.807) is 6.07 Å². The third kappa shape index (κ3) is 3.77. The number of hydrogen-bond donors (Lipinski definition) is 1. The van der Waals surface area contributed by atoms with Crippen LogP contribution < -0.4 is 5.32 Å². The molecule has 0 heterocycles. The van der Waals surface area contributed by atoms with Gasteiger partial charge in [0, 0.05) is 24.6 Å². The highest BCUT2D eigenvalue weighted by Gasteiger charge is 2.10. The molecule has 1 aromatic rings. The Labute approximate surface area is 108 Å². The van der Waals surface area contributed by atoms with Gasteiger partial charge in [-0.15, -0.1) is 0 Å². The number of rotatable bonds is 4. The molecule has 0 fully saturated rings. The molecule has 0 spiro atoms. The summed E-state index contributed by atoms with van der Waals surface area (Å²) in [5.74, 6) is 5.92. The van der Waals surface area contributed by atoms with Crippen molar-refractivity contribution in [2.45, 2.75) is 39.7 Å². The summed E-state index contributed by atoms with van der Waals surface area (Å²) in [6.45, 7) is 6.10. The number of non-ortho nitro benzene ring substituents is 1. The molecule has 0 bridgehead atoms. The molecule has 0 aliphatic rings. The zero-order chi connectivity index (χ0) is 13.5. The lowest BCUT2D eigenvalue weighted by atomic mass is 10.1. The summed E-state index contributed by atoms with van der Waals surface area (Å²) >= 11 is 0. The van der Waals surface area contributed by atoms with E-state index in [9.17, 15) is 10.1 Å². The smallest absolute Gasteiger partial charge is 0.270 e. The normalized spacial score (nSPS) is 11.3. The maximum atomic E-state index is 10.8. The van der Waals surface area contributed by atoms with Gasteiger partial charge in [0.25, 0.3) is 5.69 Å². The van der Waals surface area contributed by atoms with Crippen LogP contribution in [0.2, 0.25) is 0 Å². The second kappa shape index (κ2) is 6.65. The number of nitro benzene ring substituents is 1. The molecule has 4 nitrogen and oxygen atoms in total. The Morgan fingerprint density at radius 1 is 1.44 bits per heavy atom. The molecule has 0 aromatic heterocycles. The first-order valence-corrected chi connectivity index (χ1v) is 6.12. The van der Waals surface area contributed by atoms with Crippen LogP contribution in [-0.4, -0.2) is 11.0 Å². The van der Waals surface area contributed by atoms with Gasteiger partial charge in [0.1, 0.15) is 0 Å². The van der Waals surface area contributed by atoms with E-state index in [0.717, 1.165) is 18.5 Å². The third-order valence-electron chi connectivity index (χ3n) is 2.63. The monoisotopic (exact) mass is 246 g/mol. The van der Waals surface area contributed by atoms with Crippen LogP contribution in [0, 0.1) is 22.0 Å². The molecule has 18 heavy (non-hydrogen) atoms. The van der Waals surface area contributed by atoms with E-state index in [2.05, 4.69) is 31.0 Å². The van der Waals surface area contributed by atoms with Gasteiger partial charge in [-0.25, -0.2) is 0 Å². The predicted octanol–water partition coefficient (Wildman–Crippen LogP) is 3.57. The van der Waals surface area contributed by atoms with E-state index < -0.39 is 4.92 Å². The van der Waals surface area contributed by atoms with Crippen LogP contribution in [0.4, 0.5) is 11.4 Å². The molecule has 96 valence electrons. The molecular weight excluding hydrogens is 228 g/mol. The van der Waals surface area contributed by atoms with Crippen LogP contribution in [0.5, 0.6) is 0 Å². The SMILES string of the molecule is CCC#Cc1cc([N+](=O)[O-])ccc1N[C@H](C)CC. The minimum atomic E-state index is -0.399. The molecule has 1 atom stereocenters. The maximum Gasteiger partial charge on any atom is 0.270 e. The topological polar surface area (TPSA) is 55.2 Å². The first kappa shape index (κ1) is 14.0. The van der Waals surface area contributed by atoms with Crippen molar-refractivity contribution < 1.29 is 4.92 Å². The van der Waals surface area contributed by atoms with Gasteiger partial charge in [-0.3, -0.25) is 10.1 Å². The van der Waals surface area contributed by atoms with Gasteiger partial charge in [0.2, 0.25) is 0 Å². The Morgan fingerprint density at radius 2 is 2.17 bits per heavy atom. The van der Waals surface area contributed by atoms with E-state index in [4.69, 9.17) is 0 Å². The molecule has 0 aliphatic heterocycles. The van der Waals surface area contributed by atoms with Crippen LogP contribution >= 0.6 is 0 Å². The van der Waals surface area contributed by atoms with Crippen molar-refractivity contribution in [1.82, 2.24) is 0 Å². The van der Waals surface area contributed by atoms with Crippen molar-refractivity contribution >= 4 is 11.4 Å². The molecule has 0 saturated heterocycles. The summed E-state index contributed by atoms with van der Waals surface area (Å²) in [7, 11) is 0. The van der Waals surface area contributed by atoms with Crippen LogP contribution in [0.25, 0.3) is 0 Å². The number of nitrogens with one attached hydrogen (secondary N) is 1. The molecular formula is C14H18N2O2. The lowest BCUT2D eigenvalue weighted by molar-refractivity contribution is -0.384. The average molecular weight is 246 g/mol. The van der Waals surface area contributed by atoms with Crippen LogP contribution in [0.3, 0.4) is 0 Å². The van der Waals surface area contributed by atoms with Gasteiger partial charge in [0.05, 0.1) is 16.2 Å².